The number of halogens is 1. The third kappa shape index (κ3) is 2.79. The number of pyridine rings is 1. The Kier molecular flexibility index (Phi) is 2.92. The van der Waals surface area contributed by atoms with Crippen LogP contribution < -0.4 is 5.73 Å². The summed E-state index contributed by atoms with van der Waals surface area (Å²) >= 11 is 0. The standard InChI is InChI=1S/C8H9FN2O2/c9-5-1-2-6(11-4-5)3-7(10)8(12)13/h1-2,4,7H,3,10H2,(H,12,13)/t7-/m0/s1. The van der Waals surface area contributed by atoms with Crippen molar-refractivity contribution < 1.29 is 14.3 Å². The van der Waals surface area contributed by atoms with Gasteiger partial charge in [0.05, 0.1) is 6.20 Å². The van der Waals surface area contributed by atoms with E-state index in [4.69, 9.17) is 10.8 Å². The van der Waals surface area contributed by atoms with Gasteiger partial charge in [0.25, 0.3) is 0 Å². The first-order chi connectivity index (χ1) is 6.09. The van der Waals surface area contributed by atoms with Crippen LogP contribution in [0.5, 0.6) is 0 Å². The summed E-state index contributed by atoms with van der Waals surface area (Å²) in [6, 6.07) is 1.65. The van der Waals surface area contributed by atoms with Crippen molar-refractivity contribution in [1.29, 1.82) is 0 Å². The number of hydrogen-bond donors (Lipinski definition) is 2. The second kappa shape index (κ2) is 3.95. The van der Waals surface area contributed by atoms with Gasteiger partial charge in [0.1, 0.15) is 11.9 Å². The Bertz CT molecular complexity index is 300. The van der Waals surface area contributed by atoms with E-state index in [-0.39, 0.29) is 6.42 Å². The Labute approximate surface area is 74.2 Å². The molecule has 1 atom stereocenters. The van der Waals surface area contributed by atoms with Crippen molar-refractivity contribution in [1.82, 2.24) is 4.98 Å². The summed E-state index contributed by atoms with van der Waals surface area (Å²) in [6.07, 6.45) is 1.14. The molecule has 13 heavy (non-hydrogen) atoms. The van der Waals surface area contributed by atoms with E-state index in [0.29, 0.717) is 5.69 Å². The number of nitrogens with two attached hydrogens (primary N) is 1. The maximum Gasteiger partial charge on any atom is 0.320 e. The number of hydrogen-bond acceptors (Lipinski definition) is 3. The minimum atomic E-state index is -1.09. The molecule has 1 heterocycles. The molecule has 1 aromatic rings. The molecule has 0 fully saturated rings. The Morgan fingerprint density at radius 1 is 1.69 bits per heavy atom. The van der Waals surface area contributed by atoms with Gasteiger partial charge in [0.15, 0.2) is 0 Å². The van der Waals surface area contributed by atoms with Gasteiger partial charge in [-0.05, 0) is 12.1 Å². The van der Waals surface area contributed by atoms with Crippen molar-refractivity contribution in [3.8, 4) is 0 Å². The molecule has 0 unspecified atom stereocenters. The zero-order valence-corrected chi connectivity index (χ0v) is 6.77. The van der Waals surface area contributed by atoms with E-state index in [1.807, 2.05) is 0 Å². The quantitative estimate of drug-likeness (QED) is 0.702. The lowest BCUT2D eigenvalue weighted by Crippen LogP contribution is -2.32. The molecule has 0 bridgehead atoms. The molecule has 0 saturated carbocycles. The maximum absolute atomic E-state index is 12.4. The fourth-order valence-electron chi connectivity index (χ4n) is 0.840. The van der Waals surface area contributed by atoms with Crippen molar-refractivity contribution in [3.05, 3.63) is 29.8 Å². The van der Waals surface area contributed by atoms with Gasteiger partial charge in [0, 0.05) is 12.1 Å². The molecule has 0 radical (unpaired) electrons. The fraction of sp³-hybridized carbons (Fsp3) is 0.250. The molecule has 70 valence electrons. The average molecular weight is 184 g/mol. The minimum Gasteiger partial charge on any atom is -0.480 e. The van der Waals surface area contributed by atoms with Gasteiger partial charge >= 0.3 is 5.97 Å². The number of carboxylic acids is 1. The Morgan fingerprint density at radius 3 is 2.85 bits per heavy atom. The Balaban J connectivity index is 2.64. The van der Waals surface area contributed by atoms with Gasteiger partial charge in [-0.2, -0.15) is 0 Å². The topological polar surface area (TPSA) is 76.2 Å². The summed E-state index contributed by atoms with van der Waals surface area (Å²) in [5, 5.41) is 8.47. The smallest absolute Gasteiger partial charge is 0.320 e. The summed E-state index contributed by atoms with van der Waals surface area (Å²) in [7, 11) is 0. The molecule has 0 aliphatic rings. The van der Waals surface area contributed by atoms with E-state index in [1.54, 1.807) is 0 Å². The number of carboxylic acid groups (broad SMARTS) is 1. The van der Waals surface area contributed by atoms with Gasteiger partial charge in [-0.1, -0.05) is 0 Å². The molecule has 1 rings (SSSR count). The number of rotatable bonds is 3. The van der Waals surface area contributed by atoms with Crippen molar-refractivity contribution in [2.24, 2.45) is 5.73 Å². The second-order valence-corrected chi connectivity index (χ2v) is 2.62. The van der Waals surface area contributed by atoms with Crippen LogP contribution in [0.3, 0.4) is 0 Å². The van der Waals surface area contributed by atoms with Crippen LogP contribution in [-0.2, 0) is 11.2 Å². The Morgan fingerprint density at radius 2 is 2.38 bits per heavy atom. The summed E-state index contributed by atoms with van der Waals surface area (Å²) in [4.78, 5) is 14.0. The molecular weight excluding hydrogens is 175 g/mol. The van der Waals surface area contributed by atoms with Crippen LogP contribution in [0.15, 0.2) is 18.3 Å². The molecule has 3 N–H and O–H groups in total. The lowest BCUT2D eigenvalue weighted by Gasteiger charge is -2.04. The molecular formula is C8H9FN2O2. The molecule has 0 saturated heterocycles. The first-order valence-corrected chi connectivity index (χ1v) is 3.68. The van der Waals surface area contributed by atoms with E-state index >= 15 is 0 Å². The largest absolute Gasteiger partial charge is 0.480 e. The molecule has 0 aliphatic heterocycles. The fourth-order valence-corrected chi connectivity index (χ4v) is 0.840. The summed E-state index contributed by atoms with van der Waals surface area (Å²) in [6.45, 7) is 0. The number of carbonyl (C=O) groups is 1. The highest BCUT2D eigenvalue weighted by atomic mass is 19.1. The number of aliphatic carboxylic acids is 1. The average Bonchev–Trinajstić information content (AvgIpc) is 2.08. The SMILES string of the molecule is N[C@@H](Cc1ccc(F)cn1)C(=O)O. The van der Waals surface area contributed by atoms with E-state index < -0.39 is 17.8 Å². The summed E-state index contributed by atoms with van der Waals surface area (Å²) < 4.78 is 12.4. The number of nitrogens with zero attached hydrogens (tertiary/aromatic N) is 1. The van der Waals surface area contributed by atoms with Gasteiger partial charge in [-0.25, -0.2) is 4.39 Å². The molecule has 0 amide bonds. The van der Waals surface area contributed by atoms with Gasteiger partial charge in [0.2, 0.25) is 0 Å². The third-order valence-electron chi connectivity index (χ3n) is 1.53. The van der Waals surface area contributed by atoms with Crippen LogP contribution in [0, 0.1) is 5.82 Å². The zero-order valence-electron chi connectivity index (χ0n) is 6.77. The minimum absolute atomic E-state index is 0.107. The highest BCUT2D eigenvalue weighted by molar-refractivity contribution is 5.73. The molecule has 1 aromatic heterocycles. The first kappa shape index (κ1) is 9.60. The molecule has 5 heteroatoms. The predicted octanol–water partition coefficient (Wildman–Crippen LogP) is 0.175. The van der Waals surface area contributed by atoms with Crippen LogP contribution in [0.4, 0.5) is 4.39 Å². The monoisotopic (exact) mass is 184 g/mol. The van der Waals surface area contributed by atoms with E-state index in [0.717, 1.165) is 6.20 Å². The Hall–Kier alpha value is -1.49. The van der Waals surface area contributed by atoms with Crippen molar-refractivity contribution >= 4 is 5.97 Å². The zero-order chi connectivity index (χ0) is 9.84. The summed E-state index contributed by atoms with van der Waals surface area (Å²) in [5.74, 6) is -1.54. The normalized spacial score (nSPS) is 12.5. The molecule has 0 spiro atoms. The van der Waals surface area contributed by atoms with Crippen LogP contribution in [-0.4, -0.2) is 22.1 Å². The van der Waals surface area contributed by atoms with Crippen molar-refractivity contribution in [2.45, 2.75) is 12.5 Å². The van der Waals surface area contributed by atoms with Gasteiger partial charge in [-0.3, -0.25) is 9.78 Å². The lowest BCUT2D eigenvalue weighted by atomic mass is 10.1. The predicted molar refractivity (Wildman–Crippen MR) is 43.5 cm³/mol. The molecule has 0 aliphatic carbocycles. The highest BCUT2D eigenvalue weighted by Crippen LogP contribution is 2.00. The second-order valence-electron chi connectivity index (χ2n) is 2.62. The van der Waals surface area contributed by atoms with Crippen LogP contribution in [0.1, 0.15) is 5.69 Å². The maximum atomic E-state index is 12.4. The van der Waals surface area contributed by atoms with Crippen LogP contribution in [0.2, 0.25) is 0 Å². The number of aromatic nitrogens is 1. The molecule has 0 aromatic carbocycles. The van der Waals surface area contributed by atoms with Gasteiger partial charge < -0.3 is 10.8 Å². The van der Waals surface area contributed by atoms with E-state index in [9.17, 15) is 9.18 Å². The van der Waals surface area contributed by atoms with Crippen LogP contribution >= 0.6 is 0 Å². The van der Waals surface area contributed by atoms with E-state index in [2.05, 4.69) is 4.98 Å². The third-order valence-corrected chi connectivity index (χ3v) is 1.53. The van der Waals surface area contributed by atoms with Gasteiger partial charge in [-0.15, -0.1) is 0 Å². The van der Waals surface area contributed by atoms with Crippen LogP contribution in [0.25, 0.3) is 0 Å². The van der Waals surface area contributed by atoms with Crippen molar-refractivity contribution in [2.75, 3.05) is 0 Å². The van der Waals surface area contributed by atoms with E-state index in [1.165, 1.54) is 12.1 Å². The molecule has 4 nitrogen and oxygen atoms in total. The highest BCUT2D eigenvalue weighted by Gasteiger charge is 2.12. The first-order valence-electron chi connectivity index (χ1n) is 3.68. The summed E-state index contributed by atoms with van der Waals surface area (Å²) in [5.41, 5.74) is 5.72. The van der Waals surface area contributed by atoms with Crippen molar-refractivity contribution in [3.63, 3.8) is 0 Å². The lowest BCUT2D eigenvalue weighted by molar-refractivity contribution is -0.138.